The highest BCUT2D eigenvalue weighted by molar-refractivity contribution is 7.99. The molecule has 3 aromatic carbocycles. The SMILES string of the molecule is CCOC(=O)CNC(=O)NCc1ccccc1-c1ccc(C2OC(CSc3nnnn3C)CC(c3ccc(CO)cc3)O2)cc1. The van der Waals surface area contributed by atoms with Crippen molar-refractivity contribution in [3.8, 4) is 11.1 Å². The largest absolute Gasteiger partial charge is 0.465 e. The highest BCUT2D eigenvalue weighted by Gasteiger charge is 2.32. The summed E-state index contributed by atoms with van der Waals surface area (Å²) in [5.41, 5.74) is 5.58. The van der Waals surface area contributed by atoms with Crippen molar-refractivity contribution in [2.45, 2.75) is 50.2 Å². The van der Waals surface area contributed by atoms with E-state index in [1.165, 1.54) is 11.8 Å². The van der Waals surface area contributed by atoms with Crippen LogP contribution in [0.1, 0.15) is 48.0 Å². The van der Waals surface area contributed by atoms with Gasteiger partial charge in [-0.05, 0) is 45.2 Å². The predicted octanol–water partition coefficient (Wildman–Crippen LogP) is 4.07. The predicted molar refractivity (Wildman–Crippen MR) is 167 cm³/mol. The van der Waals surface area contributed by atoms with Gasteiger partial charge in [0.2, 0.25) is 5.16 Å². The maximum Gasteiger partial charge on any atom is 0.325 e. The molecule has 0 bridgehead atoms. The van der Waals surface area contributed by atoms with Gasteiger partial charge >= 0.3 is 12.0 Å². The molecule has 45 heavy (non-hydrogen) atoms. The number of nitrogens with zero attached hydrogens (tertiary/aromatic N) is 4. The highest BCUT2D eigenvalue weighted by Crippen LogP contribution is 2.39. The molecule has 1 saturated heterocycles. The molecular formula is C32H36N6O6S. The van der Waals surface area contributed by atoms with Gasteiger partial charge in [0.25, 0.3) is 0 Å². The van der Waals surface area contributed by atoms with Crippen LogP contribution in [0, 0.1) is 0 Å². The number of rotatable bonds is 12. The first-order chi connectivity index (χ1) is 21.9. The van der Waals surface area contributed by atoms with E-state index in [9.17, 15) is 14.7 Å². The third kappa shape index (κ3) is 8.66. The summed E-state index contributed by atoms with van der Waals surface area (Å²) >= 11 is 1.53. The summed E-state index contributed by atoms with van der Waals surface area (Å²) in [6.45, 7) is 2.04. The molecular weight excluding hydrogens is 596 g/mol. The summed E-state index contributed by atoms with van der Waals surface area (Å²) < 4.78 is 19.4. The number of carbonyl (C=O) groups is 2. The van der Waals surface area contributed by atoms with E-state index in [1.54, 1.807) is 18.7 Å². The first-order valence-corrected chi connectivity index (χ1v) is 15.6. The Labute approximate surface area is 265 Å². The van der Waals surface area contributed by atoms with E-state index < -0.39 is 18.3 Å². The number of urea groups is 1. The fourth-order valence-electron chi connectivity index (χ4n) is 4.91. The van der Waals surface area contributed by atoms with Gasteiger partial charge in [0.1, 0.15) is 6.54 Å². The van der Waals surface area contributed by atoms with E-state index in [0.717, 1.165) is 33.4 Å². The lowest BCUT2D eigenvalue weighted by molar-refractivity contribution is -0.245. The smallest absolute Gasteiger partial charge is 0.325 e. The quantitative estimate of drug-likeness (QED) is 0.154. The zero-order valence-corrected chi connectivity index (χ0v) is 25.9. The zero-order valence-electron chi connectivity index (χ0n) is 25.1. The second-order valence-corrected chi connectivity index (χ2v) is 11.4. The number of nitrogens with one attached hydrogen (secondary N) is 2. The fraction of sp³-hybridized carbons (Fsp3) is 0.344. The van der Waals surface area contributed by atoms with Crippen molar-refractivity contribution in [2.75, 3.05) is 18.9 Å². The third-order valence-corrected chi connectivity index (χ3v) is 8.39. The number of hydrogen-bond donors (Lipinski definition) is 3. The number of benzene rings is 3. The van der Waals surface area contributed by atoms with Gasteiger partial charge in [0.05, 0.1) is 25.4 Å². The molecule has 2 heterocycles. The number of tetrazole rings is 1. The van der Waals surface area contributed by atoms with E-state index in [0.29, 0.717) is 17.3 Å². The molecule has 1 aromatic heterocycles. The van der Waals surface area contributed by atoms with Gasteiger partial charge in [-0.25, -0.2) is 9.48 Å². The summed E-state index contributed by atoms with van der Waals surface area (Å²) in [6, 6.07) is 23.1. The van der Waals surface area contributed by atoms with Crippen molar-refractivity contribution in [1.82, 2.24) is 30.8 Å². The standard InChI is InChI=1S/C32H36N6O6S/c1-3-42-29(40)18-34-31(41)33-17-25-6-4-5-7-27(25)22-12-14-24(15-13-22)30-43-26(20-45-32-35-36-37-38(32)2)16-28(44-30)23-10-8-21(19-39)9-11-23/h4-15,26,28,30,39H,3,16-20H2,1-2H3,(H2,33,34,41). The monoisotopic (exact) mass is 632 g/mol. The molecule has 3 atom stereocenters. The summed E-state index contributed by atoms with van der Waals surface area (Å²) in [5.74, 6) is 0.156. The molecule has 1 aliphatic heterocycles. The van der Waals surface area contributed by atoms with Crippen molar-refractivity contribution in [3.05, 3.63) is 95.1 Å². The van der Waals surface area contributed by atoms with Gasteiger partial charge in [-0.3, -0.25) is 4.79 Å². The van der Waals surface area contributed by atoms with Gasteiger partial charge in [-0.1, -0.05) is 84.6 Å². The van der Waals surface area contributed by atoms with Crippen molar-refractivity contribution >= 4 is 23.8 Å². The second-order valence-electron chi connectivity index (χ2n) is 10.4. The number of aryl methyl sites for hydroxylation is 1. The number of carbonyl (C=O) groups excluding carboxylic acids is 2. The number of esters is 1. The minimum absolute atomic E-state index is 0.0171. The summed E-state index contributed by atoms with van der Waals surface area (Å²) in [4.78, 5) is 23.8. The Morgan fingerprint density at radius 1 is 1.02 bits per heavy atom. The number of thioether (sulfide) groups is 1. The van der Waals surface area contributed by atoms with Crippen LogP contribution in [-0.2, 0) is 39.2 Å². The van der Waals surface area contributed by atoms with Crippen molar-refractivity contribution in [1.29, 1.82) is 0 Å². The molecule has 13 heteroatoms. The molecule has 0 saturated carbocycles. The minimum Gasteiger partial charge on any atom is -0.465 e. The molecule has 1 aliphatic rings. The van der Waals surface area contributed by atoms with Crippen molar-refractivity contribution < 1.29 is 28.9 Å². The molecule has 0 radical (unpaired) electrons. The Bertz CT molecular complexity index is 1570. The van der Waals surface area contributed by atoms with Gasteiger partial charge in [-0.15, -0.1) is 5.10 Å². The normalized spacial score (nSPS) is 17.9. The molecule has 5 rings (SSSR count). The van der Waals surface area contributed by atoms with Crippen LogP contribution >= 0.6 is 11.8 Å². The first kappa shape index (κ1) is 32.1. The third-order valence-electron chi connectivity index (χ3n) is 7.24. The summed E-state index contributed by atoms with van der Waals surface area (Å²) in [5, 5.41) is 27.2. The van der Waals surface area contributed by atoms with Crippen LogP contribution in [0.25, 0.3) is 11.1 Å². The Balaban J connectivity index is 1.28. The summed E-state index contributed by atoms with van der Waals surface area (Å²) in [7, 11) is 1.80. The van der Waals surface area contributed by atoms with Crippen LogP contribution in [0.15, 0.2) is 78.0 Å². The molecule has 236 valence electrons. The maximum absolute atomic E-state index is 12.2. The van der Waals surface area contributed by atoms with Crippen LogP contribution in [0.2, 0.25) is 0 Å². The first-order valence-electron chi connectivity index (χ1n) is 14.6. The lowest BCUT2D eigenvalue weighted by atomic mass is 9.98. The average Bonchev–Trinajstić information content (AvgIpc) is 3.50. The maximum atomic E-state index is 12.2. The van der Waals surface area contributed by atoms with Crippen LogP contribution in [0.5, 0.6) is 0 Å². The zero-order chi connectivity index (χ0) is 31.6. The molecule has 3 unspecified atom stereocenters. The Morgan fingerprint density at radius 3 is 2.49 bits per heavy atom. The van der Waals surface area contributed by atoms with Gasteiger partial charge in [0.15, 0.2) is 6.29 Å². The summed E-state index contributed by atoms with van der Waals surface area (Å²) in [6.07, 6.45) is -0.284. The van der Waals surface area contributed by atoms with Crippen LogP contribution in [-0.4, -0.2) is 62.3 Å². The number of aromatic nitrogens is 4. The topological polar surface area (TPSA) is 150 Å². The molecule has 0 aliphatic carbocycles. The number of aliphatic hydroxyl groups excluding tert-OH is 1. The van der Waals surface area contributed by atoms with E-state index in [1.807, 2.05) is 72.8 Å². The van der Waals surface area contributed by atoms with E-state index in [2.05, 4.69) is 26.2 Å². The Kier molecular flexibility index (Phi) is 11.1. The molecule has 2 amide bonds. The van der Waals surface area contributed by atoms with E-state index >= 15 is 0 Å². The molecule has 0 spiro atoms. The molecule has 4 aromatic rings. The lowest BCUT2D eigenvalue weighted by Crippen LogP contribution is -2.38. The van der Waals surface area contributed by atoms with E-state index in [-0.39, 0.29) is 38.5 Å². The van der Waals surface area contributed by atoms with Crippen LogP contribution < -0.4 is 10.6 Å². The molecule has 1 fully saturated rings. The molecule has 3 N–H and O–H groups in total. The van der Waals surface area contributed by atoms with Crippen LogP contribution in [0.4, 0.5) is 4.79 Å². The highest BCUT2D eigenvalue weighted by atomic mass is 32.2. The fourth-order valence-corrected chi connectivity index (χ4v) is 5.78. The lowest BCUT2D eigenvalue weighted by Gasteiger charge is -2.36. The second kappa shape index (κ2) is 15.6. The number of aliphatic hydroxyl groups is 1. The number of amides is 2. The van der Waals surface area contributed by atoms with Gasteiger partial charge < -0.3 is 30.0 Å². The van der Waals surface area contributed by atoms with Gasteiger partial charge in [0, 0.05) is 31.3 Å². The Hall–Kier alpha value is -4.30. The number of ether oxygens (including phenoxy) is 3. The number of hydrogen-bond acceptors (Lipinski definition) is 10. The average molecular weight is 633 g/mol. The molecule has 12 nitrogen and oxygen atoms in total. The van der Waals surface area contributed by atoms with Crippen molar-refractivity contribution in [3.63, 3.8) is 0 Å². The van der Waals surface area contributed by atoms with Crippen molar-refractivity contribution in [2.24, 2.45) is 7.05 Å². The Morgan fingerprint density at radius 2 is 1.78 bits per heavy atom. The van der Waals surface area contributed by atoms with Crippen LogP contribution in [0.3, 0.4) is 0 Å². The van der Waals surface area contributed by atoms with Gasteiger partial charge in [-0.2, -0.15) is 0 Å². The van der Waals surface area contributed by atoms with E-state index in [4.69, 9.17) is 14.2 Å². The minimum atomic E-state index is -0.599.